The maximum absolute atomic E-state index is 4.40. The minimum atomic E-state index is 0.900. The van der Waals surface area contributed by atoms with E-state index in [0.717, 1.165) is 23.6 Å². The molecule has 20 heavy (non-hydrogen) atoms. The first kappa shape index (κ1) is 12.5. The van der Waals surface area contributed by atoms with Crippen molar-refractivity contribution in [3.63, 3.8) is 0 Å². The van der Waals surface area contributed by atoms with Gasteiger partial charge in [0.25, 0.3) is 0 Å². The second-order valence-corrected chi connectivity index (χ2v) is 4.72. The zero-order valence-electron chi connectivity index (χ0n) is 11.5. The van der Waals surface area contributed by atoms with Gasteiger partial charge in [0.15, 0.2) is 5.82 Å². The molecule has 0 saturated heterocycles. The number of hydrogen-bond acceptors (Lipinski definition) is 2. The number of para-hydroxylation sites is 1. The molecule has 0 spiro atoms. The van der Waals surface area contributed by atoms with Crippen LogP contribution in [0.2, 0.25) is 0 Å². The van der Waals surface area contributed by atoms with E-state index in [4.69, 9.17) is 0 Å². The number of H-pyrrole nitrogens is 1. The lowest BCUT2D eigenvalue weighted by molar-refractivity contribution is 1.07. The minimum absolute atomic E-state index is 0.900. The number of rotatable bonds is 3. The normalized spacial score (nSPS) is 17.4. The summed E-state index contributed by atoms with van der Waals surface area (Å²) in [6.07, 6.45) is 6.90. The zero-order valence-corrected chi connectivity index (χ0v) is 11.5. The fourth-order valence-corrected chi connectivity index (χ4v) is 2.53. The van der Waals surface area contributed by atoms with Crippen LogP contribution in [-0.2, 0) is 6.42 Å². The van der Waals surface area contributed by atoms with Gasteiger partial charge in [-0.3, -0.25) is 5.10 Å². The van der Waals surface area contributed by atoms with Crippen LogP contribution >= 0.6 is 0 Å². The molecule has 0 unspecified atom stereocenters. The standard InChI is InChI=1S/C17H17N3/c1-3-8-14-12(4-2)11-15-16(14)19-20-17(15)18-13-9-6-5-7-10-13/h3-10H,1,11H2,2H3,(H2,18,19,20)/b12-4-,14-8?. The van der Waals surface area contributed by atoms with Crippen molar-refractivity contribution in [3.05, 3.63) is 72.0 Å². The number of fused-ring (bicyclic) bond motifs is 1. The molecule has 0 fully saturated rings. The summed E-state index contributed by atoms with van der Waals surface area (Å²) in [6, 6.07) is 10.1. The number of benzene rings is 1. The first-order valence-corrected chi connectivity index (χ1v) is 6.71. The predicted molar refractivity (Wildman–Crippen MR) is 83.9 cm³/mol. The Bertz CT molecular complexity index is 690. The van der Waals surface area contributed by atoms with Gasteiger partial charge in [0.2, 0.25) is 0 Å². The molecule has 1 aromatic carbocycles. The number of allylic oxidation sites excluding steroid dienone is 5. The molecule has 2 N–H and O–H groups in total. The second kappa shape index (κ2) is 5.21. The Balaban J connectivity index is 1.97. The van der Waals surface area contributed by atoms with Crippen LogP contribution in [0.5, 0.6) is 0 Å². The lowest BCUT2D eigenvalue weighted by Crippen LogP contribution is -1.94. The summed E-state index contributed by atoms with van der Waals surface area (Å²) in [4.78, 5) is 0. The highest BCUT2D eigenvalue weighted by molar-refractivity contribution is 5.87. The van der Waals surface area contributed by atoms with E-state index in [1.54, 1.807) is 0 Å². The highest BCUT2D eigenvalue weighted by Crippen LogP contribution is 2.39. The Morgan fingerprint density at radius 3 is 2.80 bits per heavy atom. The molecule has 0 atom stereocenters. The number of nitrogens with zero attached hydrogens (tertiary/aromatic N) is 1. The molecule has 3 rings (SSSR count). The third kappa shape index (κ3) is 2.07. The Morgan fingerprint density at radius 2 is 2.10 bits per heavy atom. The molecule has 0 radical (unpaired) electrons. The molecular weight excluding hydrogens is 246 g/mol. The molecule has 0 saturated carbocycles. The van der Waals surface area contributed by atoms with E-state index in [1.807, 2.05) is 42.5 Å². The fourth-order valence-electron chi connectivity index (χ4n) is 2.53. The van der Waals surface area contributed by atoms with Crippen LogP contribution in [0.15, 0.2) is 60.7 Å². The minimum Gasteiger partial charge on any atom is -0.339 e. The van der Waals surface area contributed by atoms with Crippen molar-refractivity contribution >= 4 is 17.1 Å². The summed E-state index contributed by atoms with van der Waals surface area (Å²) in [7, 11) is 0. The molecular formula is C17H17N3. The summed E-state index contributed by atoms with van der Waals surface area (Å²) < 4.78 is 0. The molecule has 1 aliphatic carbocycles. The van der Waals surface area contributed by atoms with Crippen LogP contribution in [0.4, 0.5) is 11.5 Å². The van der Waals surface area contributed by atoms with E-state index in [-0.39, 0.29) is 0 Å². The first-order valence-electron chi connectivity index (χ1n) is 6.71. The van der Waals surface area contributed by atoms with Crippen LogP contribution < -0.4 is 5.32 Å². The van der Waals surface area contributed by atoms with Gasteiger partial charge in [0.05, 0.1) is 5.69 Å². The van der Waals surface area contributed by atoms with Gasteiger partial charge in [-0.25, -0.2) is 0 Å². The molecule has 0 aliphatic heterocycles. The van der Waals surface area contributed by atoms with Crippen molar-refractivity contribution in [3.8, 4) is 0 Å². The van der Waals surface area contributed by atoms with Gasteiger partial charge in [-0.1, -0.05) is 43.0 Å². The summed E-state index contributed by atoms with van der Waals surface area (Å²) in [5.74, 6) is 0.901. The quantitative estimate of drug-likeness (QED) is 0.870. The molecule has 0 bridgehead atoms. The van der Waals surface area contributed by atoms with Gasteiger partial charge in [-0.2, -0.15) is 5.10 Å². The number of anilines is 2. The van der Waals surface area contributed by atoms with Gasteiger partial charge in [-0.05, 0) is 24.6 Å². The fraction of sp³-hybridized carbons (Fsp3) is 0.118. The van der Waals surface area contributed by atoms with Gasteiger partial charge < -0.3 is 5.32 Å². The second-order valence-electron chi connectivity index (χ2n) is 4.72. The zero-order chi connectivity index (χ0) is 13.9. The summed E-state index contributed by atoms with van der Waals surface area (Å²) in [6.45, 7) is 5.85. The van der Waals surface area contributed by atoms with Crippen LogP contribution in [0, 0.1) is 0 Å². The lowest BCUT2D eigenvalue weighted by atomic mass is 10.1. The van der Waals surface area contributed by atoms with Crippen molar-refractivity contribution in [2.45, 2.75) is 13.3 Å². The van der Waals surface area contributed by atoms with Crippen LogP contribution in [0.3, 0.4) is 0 Å². The molecule has 2 aromatic rings. The molecule has 1 heterocycles. The Kier molecular flexibility index (Phi) is 3.25. The van der Waals surface area contributed by atoms with Crippen molar-refractivity contribution < 1.29 is 0 Å². The number of nitrogens with one attached hydrogen (secondary N) is 2. The van der Waals surface area contributed by atoms with Gasteiger partial charge in [-0.15, -0.1) is 0 Å². The van der Waals surface area contributed by atoms with E-state index in [2.05, 4.69) is 35.1 Å². The highest BCUT2D eigenvalue weighted by atomic mass is 15.2. The maximum Gasteiger partial charge on any atom is 0.156 e. The third-order valence-electron chi connectivity index (χ3n) is 3.52. The molecule has 1 aromatic heterocycles. The SMILES string of the molecule is C=CC=C1/C(=C\C)Cc2c(Nc3ccccc3)n[nH]c21. The van der Waals surface area contributed by atoms with Crippen molar-refractivity contribution in [1.29, 1.82) is 0 Å². The monoisotopic (exact) mass is 263 g/mol. The number of aromatic nitrogens is 2. The van der Waals surface area contributed by atoms with Gasteiger partial charge in [0, 0.05) is 23.2 Å². The smallest absolute Gasteiger partial charge is 0.156 e. The number of hydrogen-bond donors (Lipinski definition) is 2. The Morgan fingerprint density at radius 1 is 1.30 bits per heavy atom. The van der Waals surface area contributed by atoms with Crippen molar-refractivity contribution in [1.82, 2.24) is 10.2 Å². The van der Waals surface area contributed by atoms with Crippen LogP contribution in [-0.4, -0.2) is 10.2 Å². The predicted octanol–water partition coefficient (Wildman–Crippen LogP) is 4.23. The van der Waals surface area contributed by atoms with Crippen molar-refractivity contribution in [2.24, 2.45) is 0 Å². The molecule has 0 amide bonds. The maximum atomic E-state index is 4.40. The number of aromatic amines is 1. The third-order valence-corrected chi connectivity index (χ3v) is 3.52. The lowest BCUT2D eigenvalue weighted by Gasteiger charge is -2.04. The highest BCUT2D eigenvalue weighted by Gasteiger charge is 2.26. The Labute approximate surface area is 118 Å². The van der Waals surface area contributed by atoms with Gasteiger partial charge >= 0.3 is 0 Å². The van der Waals surface area contributed by atoms with E-state index < -0.39 is 0 Å². The van der Waals surface area contributed by atoms with E-state index in [0.29, 0.717) is 0 Å². The average Bonchev–Trinajstić information content (AvgIpc) is 3.02. The van der Waals surface area contributed by atoms with E-state index in [1.165, 1.54) is 16.7 Å². The van der Waals surface area contributed by atoms with Gasteiger partial charge in [0.1, 0.15) is 0 Å². The first-order chi connectivity index (χ1) is 9.83. The van der Waals surface area contributed by atoms with Crippen LogP contribution in [0.25, 0.3) is 5.57 Å². The summed E-state index contributed by atoms with van der Waals surface area (Å²) >= 11 is 0. The summed E-state index contributed by atoms with van der Waals surface area (Å²) in [5.41, 5.74) is 5.85. The van der Waals surface area contributed by atoms with Crippen molar-refractivity contribution in [2.75, 3.05) is 5.32 Å². The van der Waals surface area contributed by atoms with E-state index in [9.17, 15) is 0 Å². The Hall–Kier alpha value is -2.55. The molecule has 1 aliphatic rings. The largest absolute Gasteiger partial charge is 0.339 e. The van der Waals surface area contributed by atoms with Crippen LogP contribution in [0.1, 0.15) is 18.2 Å². The molecule has 3 heteroatoms. The molecule has 3 nitrogen and oxygen atoms in total. The molecule has 100 valence electrons. The van der Waals surface area contributed by atoms with E-state index >= 15 is 0 Å². The topological polar surface area (TPSA) is 40.7 Å². The average molecular weight is 263 g/mol. The summed E-state index contributed by atoms with van der Waals surface area (Å²) in [5, 5.41) is 10.9.